The normalized spacial score (nSPS) is 22.5. The highest BCUT2D eigenvalue weighted by Gasteiger charge is 2.63. The van der Waals surface area contributed by atoms with E-state index in [1.165, 1.54) is 0 Å². The Bertz CT molecular complexity index is 2160. The number of esters is 1. The molecule has 1 saturated heterocycles. The molecule has 2 aromatic carbocycles. The van der Waals surface area contributed by atoms with Crippen LogP contribution in [0, 0.1) is 23.7 Å². The molecule has 0 unspecified atom stereocenters. The van der Waals surface area contributed by atoms with E-state index < -0.39 is 68.8 Å². The molecule has 360 valence electrons. The van der Waals surface area contributed by atoms with Crippen LogP contribution in [0.1, 0.15) is 112 Å². The van der Waals surface area contributed by atoms with Crippen molar-refractivity contribution in [2.45, 2.75) is 205 Å². The van der Waals surface area contributed by atoms with Crippen molar-refractivity contribution in [1.29, 1.82) is 0 Å². The third-order valence-corrected chi connectivity index (χ3v) is 34.6. The lowest BCUT2D eigenvalue weighted by molar-refractivity contribution is 0.0194. The van der Waals surface area contributed by atoms with E-state index >= 15 is 0 Å². The summed E-state index contributed by atoms with van der Waals surface area (Å²) in [7, 11) is -7.05. The molecular weight excluding hydrogens is 904 g/mol. The maximum Gasteiger partial charge on any atom is 0.343 e. The number of hydrogen-bond acceptors (Lipinski definition) is 9. The number of halogens is 1. The van der Waals surface area contributed by atoms with Gasteiger partial charge in [-0.1, -0.05) is 124 Å². The molecule has 2 aliphatic carbocycles. The Hall–Kier alpha value is -2.41. The van der Waals surface area contributed by atoms with Crippen molar-refractivity contribution in [3.05, 3.63) is 46.0 Å². The molecule has 1 heterocycles. The lowest BCUT2D eigenvalue weighted by Crippen LogP contribution is -2.50. The number of carbonyl (C=O) groups excluding carboxylic acids is 1. The maximum absolute atomic E-state index is 15.0. The minimum atomic E-state index is -2.29. The average Bonchev–Trinajstić information content (AvgIpc) is 3.89. The number of ether oxygens (including phenoxy) is 3. The summed E-state index contributed by atoms with van der Waals surface area (Å²) in [6.07, 6.45) is 0.310. The first-order chi connectivity index (χ1) is 30.6. The molecule has 1 fully saturated rings. The van der Waals surface area contributed by atoms with Gasteiger partial charge in [0.15, 0.2) is 36.7 Å². The second-order valence-electron chi connectivity index (χ2n) is 20.0. The van der Waals surface area contributed by atoms with E-state index in [1.807, 2.05) is 12.1 Å². The summed E-state index contributed by atoms with van der Waals surface area (Å²) in [6, 6.07) is 14.3. The Balaban J connectivity index is 1.59. The number of rotatable bonds is 23. The second kappa shape index (κ2) is 21.1. The summed E-state index contributed by atoms with van der Waals surface area (Å²) < 4.78 is 46.7. The number of fused-ring (bicyclic) bond motifs is 3. The third kappa shape index (κ3) is 10.9. The first-order valence-corrected chi connectivity index (χ1v) is 35.3. The molecule has 2 aromatic rings. The Morgan fingerprint density at radius 1 is 0.877 bits per heavy atom. The monoisotopic (exact) mass is 982 g/mol. The minimum Gasteiger partial charge on any atom is -0.543 e. The van der Waals surface area contributed by atoms with Gasteiger partial charge in [-0.05, 0) is 96.1 Å². The van der Waals surface area contributed by atoms with Gasteiger partial charge in [-0.3, -0.25) is 0 Å². The maximum atomic E-state index is 15.0. The van der Waals surface area contributed by atoms with Crippen LogP contribution in [0.2, 0.25) is 77.6 Å². The molecule has 1 N–H and O–H groups in total. The van der Waals surface area contributed by atoms with Gasteiger partial charge >= 0.3 is 5.97 Å². The molecule has 0 aromatic heterocycles. The van der Waals surface area contributed by atoms with Crippen molar-refractivity contribution in [3.63, 3.8) is 0 Å². The molecule has 14 heteroatoms. The Morgan fingerprint density at radius 3 is 2.03 bits per heavy atom. The summed E-state index contributed by atoms with van der Waals surface area (Å²) in [5, 5.41) is 14.1. The molecule has 0 radical (unpaired) electrons. The standard InChI is InChI=1S/C51H79ClO9Si4/c1-16-63(17-2,18-3)57-36-45(61-65(22-7,23-8)24-9)51-31-29-37-32-38(34-50(37,54)30-25-26-44(51)59-51)58-48(53)46-40-33-43(55-13)47(52)41(35-56-62(14,15)49(10,11)12)39(40)27-28-42(46)60-64(19-4,20-5)21-6/h27-28,32-33,38,44-45,54H,16-24,30,34-36H2,1-15H3/t38-,44+,45+,50-,51-/m1/s1. The zero-order valence-electron chi connectivity index (χ0n) is 42.3. The zero-order valence-corrected chi connectivity index (χ0v) is 47.1. The van der Waals surface area contributed by atoms with Crippen molar-refractivity contribution in [1.82, 2.24) is 0 Å². The fraction of sp³-hybridized carbons (Fsp3) is 0.667. The molecule has 0 amide bonds. The van der Waals surface area contributed by atoms with E-state index in [0.717, 1.165) is 65.3 Å². The molecule has 0 bridgehead atoms. The SMILES string of the molecule is CC[Si](CC)(CC)OC[C@H](O[Si](CC)(CC)CC)[C@@]12C#CC3=C[C@@H](OC(=O)c4c(O[Si](CC)(CC)CC)ccc5c(CO[Si](C)(C)C(C)(C)C)c(Cl)c(OC)cc45)C[C@]3(O)CC#C[C@@H]1O2. The molecule has 5 atom stereocenters. The molecular formula is C51H79ClO9Si4. The first kappa shape index (κ1) is 53.5. The molecule has 3 aliphatic rings. The van der Waals surface area contributed by atoms with E-state index in [9.17, 15) is 9.90 Å². The lowest BCUT2D eigenvalue weighted by atomic mass is 9.92. The van der Waals surface area contributed by atoms with Crippen LogP contribution in [0.5, 0.6) is 11.5 Å². The van der Waals surface area contributed by atoms with E-state index in [0.29, 0.717) is 39.7 Å². The van der Waals surface area contributed by atoms with Gasteiger partial charge in [0.2, 0.25) is 0 Å². The average molecular weight is 984 g/mol. The number of hydrogen-bond donors (Lipinski definition) is 1. The van der Waals surface area contributed by atoms with Crippen LogP contribution in [0.15, 0.2) is 29.8 Å². The Kier molecular flexibility index (Phi) is 17.4. The van der Waals surface area contributed by atoms with Crippen LogP contribution in [-0.4, -0.2) is 87.6 Å². The third-order valence-electron chi connectivity index (χ3n) is 15.9. The van der Waals surface area contributed by atoms with Gasteiger partial charge in [0.25, 0.3) is 8.32 Å². The predicted octanol–water partition coefficient (Wildman–Crippen LogP) is 13.0. The fourth-order valence-corrected chi connectivity index (χ4v) is 18.5. The highest BCUT2D eigenvalue weighted by Crippen LogP contribution is 2.47. The summed E-state index contributed by atoms with van der Waals surface area (Å²) in [4.78, 5) is 15.0. The number of methoxy groups -OCH3 is 1. The molecule has 65 heavy (non-hydrogen) atoms. The van der Waals surface area contributed by atoms with Crippen LogP contribution >= 0.6 is 11.6 Å². The number of epoxide rings is 1. The molecule has 1 aliphatic heterocycles. The number of benzene rings is 2. The van der Waals surface area contributed by atoms with Crippen molar-refractivity contribution in [3.8, 4) is 35.2 Å². The summed E-state index contributed by atoms with van der Waals surface area (Å²) in [6.45, 7) is 31.5. The van der Waals surface area contributed by atoms with Crippen LogP contribution in [-0.2, 0) is 29.4 Å². The van der Waals surface area contributed by atoms with Crippen LogP contribution in [0.25, 0.3) is 10.8 Å². The van der Waals surface area contributed by atoms with Crippen LogP contribution in [0.4, 0.5) is 0 Å². The van der Waals surface area contributed by atoms with E-state index in [2.05, 4.69) is 120 Å². The number of carbonyl (C=O) groups is 1. The van der Waals surface area contributed by atoms with Crippen molar-refractivity contribution >= 4 is 61.6 Å². The highest BCUT2D eigenvalue weighted by atomic mass is 35.5. The van der Waals surface area contributed by atoms with E-state index in [4.69, 9.17) is 43.5 Å². The molecule has 0 spiro atoms. The van der Waals surface area contributed by atoms with Crippen molar-refractivity contribution in [2.75, 3.05) is 13.7 Å². The zero-order chi connectivity index (χ0) is 48.2. The van der Waals surface area contributed by atoms with Gasteiger partial charge < -0.3 is 37.0 Å². The van der Waals surface area contributed by atoms with Crippen LogP contribution in [0.3, 0.4) is 0 Å². The van der Waals surface area contributed by atoms with Crippen molar-refractivity contribution < 1.29 is 41.8 Å². The van der Waals surface area contributed by atoms with Gasteiger partial charge in [-0.2, -0.15) is 0 Å². The Morgan fingerprint density at radius 2 is 1.48 bits per heavy atom. The topological polar surface area (TPSA) is 105 Å². The molecule has 0 saturated carbocycles. The first-order valence-electron chi connectivity index (χ1n) is 24.4. The van der Waals surface area contributed by atoms with Gasteiger partial charge in [-0.15, -0.1) is 0 Å². The smallest absolute Gasteiger partial charge is 0.343 e. The quantitative estimate of drug-likeness (QED) is 0.0504. The Labute approximate surface area is 400 Å². The molecule has 5 rings (SSSR count). The second-order valence-corrected chi connectivity index (χ2v) is 39.4. The largest absolute Gasteiger partial charge is 0.543 e. The van der Waals surface area contributed by atoms with Gasteiger partial charge in [-0.25, -0.2) is 4.79 Å². The van der Waals surface area contributed by atoms with Gasteiger partial charge in [0.1, 0.15) is 34.9 Å². The predicted molar refractivity (Wildman–Crippen MR) is 275 cm³/mol. The minimum absolute atomic E-state index is 0.0282. The van der Waals surface area contributed by atoms with Gasteiger partial charge in [0.05, 0.1) is 25.3 Å². The fourth-order valence-electron chi connectivity index (χ4n) is 9.20. The van der Waals surface area contributed by atoms with E-state index in [-0.39, 0.29) is 24.5 Å². The summed E-state index contributed by atoms with van der Waals surface area (Å²) in [5.74, 6) is 13.7. The summed E-state index contributed by atoms with van der Waals surface area (Å²) in [5.41, 5.74) is -0.937. The molecule has 9 nitrogen and oxygen atoms in total. The van der Waals surface area contributed by atoms with Crippen LogP contribution < -0.4 is 9.16 Å². The highest BCUT2D eigenvalue weighted by molar-refractivity contribution is 6.75. The number of aliphatic hydroxyl groups is 1. The summed E-state index contributed by atoms with van der Waals surface area (Å²) >= 11 is 7.08. The van der Waals surface area contributed by atoms with Gasteiger partial charge in [0, 0.05) is 29.4 Å². The lowest BCUT2D eigenvalue weighted by Gasteiger charge is -2.37. The van der Waals surface area contributed by atoms with E-state index in [1.54, 1.807) is 19.3 Å². The van der Waals surface area contributed by atoms with Crippen molar-refractivity contribution in [2.24, 2.45) is 0 Å².